The van der Waals surface area contributed by atoms with Gasteiger partial charge in [0.1, 0.15) is 0 Å². The van der Waals surface area contributed by atoms with Crippen LogP contribution in [0.2, 0.25) is 0 Å². The van der Waals surface area contributed by atoms with Crippen LogP contribution in [0.3, 0.4) is 0 Å². The molecule has 2 aliphatic rings. The molecule has 0 aromatic heterocycles. The highest BCUT2D eigenvalue weighted by Gasteiger charge is 2.58. The highest BCUT2D eigenvalue weighted by Crippen LogP contribution is 2.52. The molecule has 0 aliphatic heterocycles. The molecule has 0 amide bonds. The van der Waals surface area contributed by atoms with Gasteiger partial charge in [-0.2, -0.15) is 0 Å². The van der Waals surface area contributed by atoms with Crippen molar-refractivity contribution >= 4 is 5.97 Å². The van der Waals surface area contributed by atoms with E-state index in [2.05, 4.69) is 0 Å². The minimum absolute atomic E-state index is 0.0486. The van der Waals surface area contributed by atoms with Gasteiger partial charge in [0, 0.05) is 0 Å². The summed E-state index contributed by atoms with van der Waals surface area (Å²) in [6.45, 7) is 0. The minimum atomic E-state index is -1.36. The van der Waals surface area contributed by atoms with Crippen molar-refractivity contribution in [3.05, 3.63) is 0 Å². The number of carboxylic acids is 1. The van der Waals surface area contributed by atoms with Crippen LogP contribution in [0.5, 0.6) is 0 Å². The van der Waals surface area contributed by atoms with E-state index in [0.717, 1.165) is 25.7 Å². The molecule has 0 unspecified atom stereocenters. The second-order valence-corrected chi connectivity index (χ2v) is 3.68. The van der Waals surface area contributed by atoms with Crippen LogP contribution in [-0.2, 0) is 4.79 Å². The highest BCUT2D eigenvalue weighted by atomic mass is 16.4. The van der Waals surface area contributed by atoms with Crippen LogP contribution in [-0.4, -0.2) is 21.8 Å². The summed E-state index contributed by atoms with van der Waals surface area (Å²) in [6.07, 6.45) is 3.55. The number of hydrogen-bond acceptors (Lipinski definition) is 2. The molecule has 11 heavy (non-hydrogen) atoms. The SMILES string of the molecule is O=C(O)C(O)(C1CC1)C1CC1. The summed E-state index contributed by atoms with van der Waals surface area (Å²) in [6, 6.07) is 0. The third kappa shape index (κ3) is 0.948. The van der Waals surface area contributed by atoms with Crippen molar-refractivity contribution < 1.29 is 15.0 Å². The van der Waals surface area contributed by atoms with Crippen molar-refractivity contribution in [3.8, 4) is 0 Å². The van der Waals surface area contributed by atoms with E-state index < -0.39 is 11.6 Å². The van der Waals surface area contributed by atoms with Gasteiger partial charge in [-0.15, -0.1) is 0 Å². The Balaban J connectivity index is 2.16. The molecule has 0 saturated heterocycles. The number of carbonyl (C=O) groups is 1. The van der Waals surface area contributed by atoms with Gasteiger partial charge < -0.3 is 10.2 Å². The maximum atomic E-state index is 10.7. The first-order valence-corrected chi connectivity index (χ1v) is 4.11. The van der Waals surface area contributed by atoms with E-state index in [4.69, 9.17) is 5.11 Å². The Morgan fingerprint density at radius 2 is 1.55 bits per heavy atom. The summed E-state index contributed by atoms with van der Waals surface area (Å²) in [5.41, 5.74) is -1.36. The molecule has 0 aromatic rings. The fourth-order valence-electron chi connectivity index (χ4n) is 1.73. The van der Waals surface area contributed by atoms with Crippen molar-refractivity contribution in [3.63, 3.8) is 0 Å². The first-order chi connectivity index (χ1) is 5.15. The first kappa shape index (κ1) is 7.10. The Bertz CT molecular complexity index is 180. The van der Waals surface area contributed by atoms with Crippen molar-refractivity contribution in [1.29, 1.82) is 0 Å². The Morgan fingerprint density at radius 1 is 1.18 bits per heavy atom. The predicted octanol–water partition coefficient (Wildman–Crippen LogP) is 0.622. The topological polar surface area (TPSA) is 57.5 Å². The fraction of sp³-hybridized carbons (Fsp3) is 0.875. The Labute approximate surface area is 65.0 Å². The first-order valence-electron chi connectivity index (χ1n) is 4.11. The summed E-state index contributed by atoms with van der Waals surface area (Å²) >= 11 is 0. The zero-order valence-electron chi connectivity index (χ0n) is 6.29. The van der Waals surface area contributed by atoms with Gasteiger partial charge in [0.2, 0.25) is 0 Å². The summed E-state index contributed by atoms with van der Waals surface area (Å²) in [7, 11) is 0. The van der Waals surface area contributed by atoms with Crippen molar-refractivity contribution in [2.24, 2.45) is 11.8 Å². The molecule has 2 fully saturated rings. The van der Waals surface area contributed by atoms with E-state index in [1.165, 1.54) is 0 Å². The lowest BCUT2D eigenvalue weighted by atomic mass is 9.92. The lowest BCUT2D eigenvalue weighted by Gasteiger charge is -2.22. The van der Waals surface area contributed by atoms with Crippen molar-refractivity contribution in [2.45, 2.75) is 31.3 Å². The van der Waals surface area contributed by atoms with E-state index in [1.54, 1.807) is 0 Å². The number of hydrogen-bond donors (Lipinski definition) is 2. The molecule has 0 aromatic carbocycles. The number of carboxylic acid groups (broad SMARTS) is 1. The number of rotatable bonds is 3. The van der Waals surface area contributed by atoms with Gasteiger partial charge in [0.25, 0.3) is 0 Å². The van der Waals surface area contributed by atoms with Crippen LogP contribution in [0.4, 0.5) is 0 Å². The van der Waals surface area contributed by atoms with Gasteiger partial charge in [0.15, 0.2) is 5.60 Å². The van der Waals surface area contributed by atoms with Crippen LogP contribution < -0.4 is 0 Å². The van der Waals surface area contributed by atoms with Crippen LogP contribution in [0.25, 0.3) is 0 Å². The van der Waals surface area contributed by atoms with E-state index in [-0.39, 0.29) is 11.8 Å². The highest BCUT2D eigenvalue weighted by molar-refractivity contribution is 5.79. The van der Waals surface area contributed by atoms with Crippen LogP contribution >= 0.6 is 0 Å². The summed E-state index contributed by atoms with van der Waals surface area (Å²) in [5, 5.41) is 18.6. The Kier molecular flexibility index (Phi) is 1.27. The second-order valence-electron chi connectivity index (χ2n) is 3.68. The van der Waals surface area contributed by atoms with E-state index >= 15 is 0 Å². The number of aliphatic carboxylic acids is 1. The van der Waals surface area contributed by atoms with E-state index in [9.17, 15) is 9.90 Å². The maximum absolute atomic E-state index is 10.7. The third-order valence-corrected chi connectivity index (χ3v) is 2.74. The minimum Gasteiger partial charge on any atom is -0.479 e. The quantitative estimate of drug-likeness (QED) is 0.629. The molecule has 3 nitrogen and oxygen atoms in total. The van der Waals surface area contributed by atoms with Crippen molar-refractivity contribution in [1.82, 2.24) is 0 Å². The average molecular weight is 156 g/mol. The van der Waals surface area contributed by atoms with Gasteiger partial charge in [-0.05, 0) is 37.5 Å². The molecule has 62 valence electrons. The predicted molar refractivity (Wildman–Crippen MR) is 38.0 cm³/mol. The molecule has 0 spiro atoms. The lowest BCUT2D eigenvalue weighted by Crippen LogP contribution is -2.43. The normalized spacial score (nSPS) is 25.2. The third-order valence-electron chi connectivity index (χ3n) is 2.74. The Morgan fingerprint density at radius 3 is 1.73 bits per heavy atom. The smallest absolute Gasteiger partial charge is 0.336 e. The van der Waals surface area contributed by atoms with Crippen LogP contribution in [0.1, 0.15) is 25.7 Å². The molecule has 0 radical (unpaired) electrons. The molecule has 3 heteroatoms. The maximum Gasteiger partial charge on any atom is 0.336 e. The van der Waals surface area contributed by atoms with Gasteiger partial charge in [0.05, 0.1) is 0 Å². The molecule has 2 saturated carbocycles. The molecular formula is C8H12O3. The molecule has 2 aliphatic carbocycles. The zero-order valence-corrected chi connectivity index (χ0v) is 6.29. The number of aliphatic hydroxyl groups is 1. The van der Waals surface area contributed by atoms with Crippen LogP contribution in [0, 0.1) is 11.8 Å². The Hall–Kier alpha value is -0.570. The van der Waals surface area contributed by atoms with Gasteiger partial charge >= 0.3 is 5.97 Å². The fourth-order valence-corrected chi connectivity index (χ4v) is 1.73. The standard InChI is InChI=1S/C8H12O3/c9-7(10)8(11,5-1-2-5)6-3-4-6/h5-6,11H,1-4H2,(H,9,10). The summed E-state index contributed by atoms with van der Waals surface area (Å²) in [5.74, 6) is -0.914. The molecule has 0 bridgehead atoms. The van der Waals surface area contributed by atoms with Gasteiger partial charge in [-0.1, -0.05) is 0 Å². The van der Waals surface area contributed by atoms with Gasteiger partial charge in [-0.25, -0.2) is 4.79 Å². The van der Waals surface area contributed by atoms with E-state index in [0.29, 0.717) is 0 Å². The van der Waals surface area contributed by atoms with Gasteiger partial charge in [-0.3, -0.25) is 0 Å². The molecule has 0 heterocycles. The summed E-state index contributed by atoms with van der Waals surface area (Å²) < 4.78 is 0. The lowest BCUT2D eigenvalue weighted by molar-refractivity contribution is -0.163. The van der Waals surface area contributed by atoms with Crippen LogP contribution in [0.15, 0.2) is 0 Å². The second kappa shape index (κ2) is 1.97. The largest absolute Gasteiger partial charge is 0.479 e. The molecule has 2 N–H and O–H groups in total. The molecule has 0 atom stereocenters. The van der Waals surface area contributed by atoms with Crippen molar-refractivity contribution in [2.75, 3.05) is 0 Å². The van der Waals surface area contributed by atoms with E-state index in [1.807, 2.05) is 0 Å². The average Bonchev–Trinajstić information content (AvgIpc) is 2.79. The monoisotopic (exact) mass is 156 g/mol. The summed E-state index contributed by atoms with van der Waals surface area (Å²) in [4.78, 5) is 10.7. The molecule has 2 rings (SSSR count). The zero-order chi connectivity index (χ0) is 8.06. The molecular weight excluding hydrogens is 144 g/mol.